The number of benzene rings is 7. The van der Waals surface area contributed by atoms with E-state index in [1.54, 1.807) is 0 Å². The topological polar surface area (TPSA) is 14.3 Å². The molecule has 0 spiro atoms. The van der Waals surface area contributed by atoms with E-state index in [4.69, 9.17) is 0 Å². The molecule has 11 aromatic rings. The predicted octanol–water partition coefficient (Wildman–Crippen LogP) is 11.0. The van der Waals surface area contributed by atoms with Crippen molar-refractivity contribution in [3.05, 3.63) is 152 Å². The lowest BCUT2D eigenvalue weighted by Crippen LogP contribution is -1.97. The molecule has 0 saturated heterocycles. The molecule has 0 fully saturated rings. The molecule has 0 radical (unpaired) electrons. The van der Waals surface area contributed by atoms with E-state index in [1.165, 1.54) is 87.4 Å². The Morgan fingerprint density at radius 3 is 1.38 bits per heavy atom. The largest absolute Gasteiger partial charge is 0.309 e. The van der Waals surface area contributed by atoms with Gasteiger partial charge in [0.15, 0.2) is 0 Å². The summed E-state index contributed by atoms with van der Waals surface area (Å²) in [6, 6.07) is 55.7. The maximum absolute atomic E-state index is 2.50. The molecule has 7 aromatic carbocycles. The van der Waals surface area contributed by atoms with Gasteiger partial charge in [0.2, 0.25) is 0 Å². The summed E-state index contributed by atoms with van der Waals surface area (Å²) in [7, 11) is 0. The zero-order chi connectivity index (χ0) is 29.2. The van der Waals surface area contributed by atoms with E-state index in [9.17, 15) is 0 Å². The first kappa shape index (κ1) is 23.4. The van der Waals surface area contributed by atoms with Crippen LogP contribution in [0, 0.1) is 0 Å². The van der Waals surface area contributed by atoms with Crippen LogP contribution in [-0.2, 0) is 0 Å². The van der Waals surface area contributed by atoms with Gasteiger partial charge in [-0.15, -0.1) is 0 Å². The molecule has 4 heterocycles. The zero-order valence-corrected chi connectivity index (χ0v) is 24.3. The van der Waals surface area contributed by atoms with Gasteiger partial charge in [-0.25, -0.2) is 0 Å². The van der Waals surface area contributed by atoms with Crippen molar-refractivity contribution in [2.75, 3.05) is 0 Å². The lowest BCUT2D eigenvalue weighted by Gasteiger charge is -2.13. The van der Waals surface area contributed by atoms with Crippen molar-refractivity contribution in [2.24, 2.45) is 0 Å². The Bertz CT molecular complexity index is 2930. The van der Waals surface area contributed by atoms with Crippen molar-refractivity contribution >= 4 is 81.7 Å². The summed E-state index contributed by atoms with van der Waals surface area (Å²) in [4.78, 5) is 0. The normalized spacial score (nSPS) is 12.4. The number of aromatic nitrogens is 3. The van der Waals surface area contributed by atoms with E-state index in [0.717, 1.165) is 5.69 Å². The molecular formula is C42H25N3. The molecule has 3 heteroatoms. The molecule has 0 unspecified atom stereocenters. The number of hydrogen-bond donors (Lipinski definition) is 0. The molecule has 0 saturated carbocycles. The molecule has 11 rings (SSSR count). The molecule has 208 valence electrons. The van der Waals surface area contributed by atoms with Gasteiger partial charge in [-0.05, 0) is 48.5 Å². The van der Waals surface area contributed by atoms with Crippen LogP contribution in [0.1, 0.15) is 0 Å². The fourth-order valence-corrected chi connectivity index (χ4v) is 8.19. The Kier molecular flexibility index (Phi) is 4.32. The third kappa shape index (κ3) is 2.86. The third-order valence-corrected chi connectivity index (χ3v) is 9.97. The molecule has 0 N–H and O–H groups in total. The van der Waals surface area contributed by atoms with Gasteiger partial charge in [0.25, 0.3) is 0 Å². The standard InChI is InChI=1S/C42H25N3/c1-6-16-34-27(11-1)28-12-2-7-17-35(28)43(34)26-21-22-31-29-13-3-8-18-36(29)44(40(31)25-26)39-24-23-32-30-14-4-9-19-37(30)45-38-20-10-5-15-33(38)41(39)42(32)45/h1-25H. The molecular weight excluding hydrogens is 546 g/mol. The van der Waals surface area contributed by atoms with E-state index in [-0.39, 0.29) is 0 Å². The average molecular weight is 572 g/mol. The number of rotatable bonds is 2. The molecule has 0 aliphatic heterocycles. The van der Waals surface area contributed by atoms with Crippen LogP contribution < -0.4 is 0 Å². The second-order valence-corrected chi connectivity index (χ2v) is 12.1. The van der Waals surface area contributed by atoms with Crippen LogP contribution in [0.4, 0.5) is 0 Å². The summed E-state index contributed by atoms with van der Waals surface area (Å²) in [5, 5.41) is 10.2. The minimum absolute atomic E-state index is 1.16. The Hall–Kier alpha value is -6.06. The maximum atomic E-state index is 2.50. The summed E-state index contributed by atoms with van der Waals surface area (Å²) >= 11 is 0. The monoisotopic (exact) mass is 571 g/mol. The van der Waals surface area contributed by atoms with Gasteiger partial charge in [0.1, 0.15) is 0 Å². The second-order valence-electron chi connectivity index (χ2n) is 12.1. The SMILES string of the molecule is c1ccc2c(c1)c1ccccc1n2-c1ccc2c3ccccc3n(-c3ccc4c5ccccc5n5c6ccccc6c3c45)c2c1. The summed E-state index contributed by atoms with van der Waals surface area (Å²) in [5.74, 6) is 0. The summed E-state index contributed by atoms with van der Waals surface area (Å²) in [5.41, 5.74) is 11.0. The molecule has 0 amide bonds. The molecule has 4 aromatic heterocycles. The fourth-order valence-electron chi connectivity index (χ4n) is 8.19. The van der Waals surface area contributed by atoms with Gasteiger partial charge in [0, 0.05) is 48.8 Å². The van der Waals surface area contributed by atoms with E-state index in [2.05, 4.69) is 165 Å². The highest BCUT2D eigenvalue weighted by molar-refractivity contribution is 6.26. The van der Waals surface area contributed by atoms with Crippen molar-refractivity contribution in [1.29, 1.82) is 0 Å². The van der Waals surface area contributed by atoms with Crippen molar-refractivity contribution in [2.45, 2.75) is 0 Å². The average Bonchev–Trinajstić information content (AvgIpc) is 3.82. The van der Waals surface area contributed by atoms with Crippen LogP contribution >= 0.6 is 0 Å². The van der Waals surface area contributed by atoms with Crippen LogP contribution in [0.5, 0.6) is 0 Å². The van der Waals surface area contributed by atoms with Crippen LogP contribution in [0.2, 0.25) is 0 Å². The summed E-state index contributed by atoms with van der Waals surface area (Å²) < 4.78 is 7.39. The molecule has 0 aliphatic rings. The van der Waals surface area contributed by atoms with Crippen LogP contribution in [-0.4, -0.2) is 13.5 Å². The first-order chi connectivity index (χ1) is 22.4. The summed E-state index contributed by atoms with van der Waals surface area (Å²) in [6.45, 7) is 0. The Morgan fingerprint density at radius 2 is 0.756 bits per heavy atom. The second kappa shape index (κ2) is 8.31. The van der Waals surface area contributed by atoms with E-state index >= 15 is 0 Å². The van der Waals surface area contributed by atoms with Crippen molar-refractivity contribution in [3.8, 4) is 11.4 Å². The van der Waals surface area contributed by atoms with Gasteiger partial charge in [-0.2, -0.15) is 0 Å². The highest BCUT2D eigenvalue weighted by Gasteiger charge is 2.23. The molecule has 0 atom stereocenters. The van der Waals surface area contributed by atoms with Crippen LogP contribution in [0.25, 0.3) is 93.1 Å². The highest BCUT2D eigenvalue weighted by atomic mass is 15.0. The predicted molar refractivity (Wildman–Crippen MR) is 190 cm³/mol. The number of fused-ring (bicyclic) bond motifs is 12. The van der Waals surface area contributed by atoms with Gasteiger partial charge in [-0.1, -0.05) is 103 Å². The van der Waals surface area contributed by atoms with E-state index in [1.807, 2.05) is 0 Å². The maximum Gasteiger partial charge on any atom is 0.0641 e. The molecule has 0 bridgehead atoms. The lowest BCUT2D eigenvalue weighted by atomic mass is 10.1. The van der Waals surface area contributed by atoms with E-state index < -0.39 is 0 Å². The van der Waals surface area contributed by atoms with Gasteiger partial charge < -0.3 is 13.5 Å². The zero-order valence-electron chi connectivity index (χ0n) is 24.3. The highest BCUT2D eigenvalue weighted by Crippen LogP contribution is 2.44. The lowest BCUT2D eigenvalue weighted by molar-refractivity contribution is 1.16. The Labute approximate surface area is 257 Å². The number of para-hydroxylation sites is 5. The quantitative estimate of drug-likeness (QED) is 0.196. The van der Waals surface area contributed by atoms with Gasteiger partial charge in [-0.3, -0.25) is 0 Å². The fraction of sp³-hybridized carbons (Fsp3) is 0. The first-order valence-electron chi connectivity index (χ1n) is 15.5. The van der Waals surface area contributed by atoms with Crippen molar-refractivity contribution in [3.63, 3.8) is 0 Å². The smallest absolute Gasteiger partial charge is 0.0641 e. The Morgan fingerprint density at radius 1 is 0.311 bits per heavy atom. The molecule has 3 nitrogen and oxygen atoms in total. The van der Waals surface area contributed by atoms with Gasteiger partial charge >= 0.3 is 0 Å². The minimum atomic E-state index is 1.16. The first-order valence-corrected chi connectivity index (χ1v) is 15.5. The van der Waals surface area contributed by atoms with E-state index in [0.29, 0.717) is 0 Å². The van der Waals surface area contributed by atoms with Crippen molar-refractivity contribution in [1.82, 2.24) is 13.5 Å². The van der Waals surface area contributed by atoms with Crippen molar-refractivity contribution < 1.29 is 0 Å². The van der Waals surface area contributed by atoms with Gasteiger partial charge in [0.05, 0.1) is 44.3 Å². The third-order valence-electron chi connectivity index (χ3n) is 9.97. The van der Waals surface area contributed by atoms with Crippen LogP contribution in [0.15, 0.2) is 152 Å². The van der Waals surface area contributed by atoms with Crippen LogP contribution in [0.3, 0.4) is 0 Å². The number of hydrogen-bond acceptors (Lipinski definition) is 0. The molecule has 0 aliphatic carbocycles. The number of nitrogens with zero attached hydrogens (tertiary/aromatic N) is 3. The Balaban J connectivity index is 1.31. The summed E-state index contributed by atoms with van der Waals surface area (Å²) in [6.07, 6.45) is 0. The minimum Gasteiger partial charge on any atom is -0.309 e. The molecule has 45 heavy (non-hydrogen) atoms.